The second kappa shape index (κ2) is 4.91. The molecule has 78 valence electrons. The van der Waals surface area contributed by atoms with Crippen molar-refractivity contribution >= 4 is 0 Å². The highest BCUT2D eigenvalue weighted by Crippen LogP contribution is 2.11. The number of hydrogen-bond acceptors (Lipinski definition) is 4. The number of nitrogens with zero attached hydrogens (tertiary/aromatic N) is 1. The zero-order valence-electron chi connectivity index (χ0n) is 8.69. The van der Waals surface area contributed by atoms with Crippen LogP contribution in [0.3, 0.4) is 0 Å². The second-order valence-electron chi connectivity index (χ2n) is 3.80. The molecule has 2 atom stereocenters. The first-order valence-corrected chi connectivity index (χ1v) is 4.77. The fraction of sp³-hybridized carbons (Fsp3) is 1.00. The number of methoxy groups -OCH3 is 1. The molecule has 0 aliphatic carbocycles. The summed E-state index contributed by atoms with van der Waals surface area (Å²) in [6.07, 6.45) is -0.0487. The van der Waals surface area contributed by atoms with Gasteiger partial charge >= 0.3 is 0 Å². The summed E-state index contributed by atoms with van der Waals surface area (Å²) in [4.78, 5) is 2.32. The van der Waals surface area contributed by atoms with Crippen LogP contribution in [0.1, 0.15) is 13.8 Å². The summed E-state index contributed by atoms with van der Waals surface area (Å²) >= 11 is 0. The summed E-state index contributed by atoms with van der Waals surface area (Å²) < 4.78 is 10.6. The van der Waals surface area contributed by atoms with Gasteiger partial charge in [0.2, 0.25) is 0 Å². The Morgan fingerprint density at radius 1 is 1.54 bits per heavy atom. The fourth-order valence-electron chi connectivity index (χ4n) is 1.60. The van der Waals surface area contributed by atoms with Gasteiger partial charge in [-0.1, -0.05) is 0 Å². The molecule has 13 heavy (non-hydrogen) atoms. The highest BCUT2D eigenvalue weighted by molar-refractivity contribution is 4.76. The number of rotatable bonds is 3. The third kappa shape index (κ3) is 3.23. The van der Waals surface area contributed by atoms with Crippen molar-refractivity contribution in [3.63, 3.8) is 0 Å². The minimum atomic E-state index is -0.170. The molecule has 2 unspecified atom stereocenters. The molecule has 1 aliphatic heterocycles. The Bertz CT molecular complexity index is 153. The topological polar surface area (TPSA) is 47.7 Å². The Hall–Kier alpha value is -0.160. The quantitative estimate of drug-likeness (QED) is 0.678. The molecule has 1 fully saturated rings. The summed E-state index contributed by atoms with van der Waals surface area (Å²) in [5, 5.41) is 0. The SMILES string of the molecule is COCC1CN(C(C)C)CC(N)O1. The van der Waals surface area contributed by atoms with E-state index < -0.39 is 0 Å². The van der Waals surface area contributed by atoms with Crippen molar-refractivity contribution in [2.24, 2.45) is 5.73 Å². The predicted molar refractivity (Wildman–Crippen MR) is 51.4 cm³/mol. The van der Waals surface area contributed by atoms with Crippen molar-refractivity contribution in [2.45, 2.75) is 32.2 Å². The monoisotopic (exact) mass is 188 g/mol. The molecule has 0 radical (unpaired) electrons. The van der Waals surface area contributed by atoms with Gasteiger partial charge in [-0.15, -0.1) is 0 Å². The minimum absolute atomic E-state index is 0.121. The van der Waals surface area contributed by atoms with Crippen molar-refractivity contribution in [1.82, 2.24) is 4.90 Å². The maximum Gasteiger partial charge on any atom is 0.119 e. The smallest absolute Gasteiger partial charge is 0.119 e. The molecule has 1 heterocycles. The molecular weight excluding hydrogens is 168 g/mol. The van der Waals surface area contributed by atoms with Crippen LogP contribution in [0.5, 0.6) is 0 Å². The van der Waals surface area contributed by atoms with Gasteiger partial charge in [0.05, 0.1) is 12.7 Å². The summed E-state index contributed by atoms with van der Waals surface area (Å²) in [5.41, 5.74) is 5.76. The molecule has 0 spiro atoms. The van der Waals surface area contributed by atoms with Crippen LogP contribution < -0.4 is 5.73 Å². The summed E-state index contributed by atoms with van der Waals surface area (Å²) in [7, 11) is 1.68. The number of nitrogens with two attached hydrogens (primary N) is 1. The minimum Gasteiger partial charge on any atom is -0.382 e. The lowest BCUT2D eigenvalue weighted by molar-refractivity contribution is -0.112. The number of ether oxygens (including phenoxy) is 2. The average Bonchev–Trinajstić information content (AvgIpc) is 2.03. The van der Waals surface area contributed by atoms with E-state index in [4.69, 9.17) is 15.2 Å². The molecule has 4 heteroatoms. The molecule has 2 N–H and O–H groups in total. The molecular formula is C9H20N2O2. The lowest BCUT2D eigenvalue weighted by Crippen LogP contribution is -2.54. The van der Waals surface area contributed by atoms with Gasteiger partial charge in [0, 0.05) is 26.2 Å². The standard InChI is InChI=1S/C9H20N2O2/c1-7(2)11-4-8(6-12-3)13-9(10)5-11/h7-9H,4-6,10H2,1-3H3. The maximum atomic E-state index is 5.76. The van der Waals surface area contributed by atoms with Crippen molar-refractivity contribution in [2.75, 3.05) is 26.8 Å². The first-order chi connectivity index (χ1) is 6.13. The van der Waals surface area contributed by atoms with E-state index in [0.29, 0.717) is 12.6 Å². The normalized spacial score (nSPS) is 31.2. The van der Waals surface area contributed by atoms with Gasteiger partial charge in [0.1, 0.15) is 6.23 Å². The van der Waals surface area contributed by atoms with Crippen LogP contribution in [-0.4, -0.2) is 50.1 Å². The summed E-state index contributed by atoms with van der Waals surface area (Å²) in [6, 6.07) is 0.523. The van der Waals surface area contributed by atoms with Gasteiger partial charge in [-0.05, 0) is 13.8 Å². The molecule has 0 bridgehead atoms. The Morgan fingerprint density at radius 3 is 2.77 bits per heavy atom. The van der Waals surface area contributed by atoms with Crippen LogP contribution >= 0.6 is 0 Å². The van der Waals surface area contributed by atoms with Gasteiger partial charge in [-0.3, -0.25) is 4.90 Å². The van der Waals surface area contributed by atoms with E-state index in [9.17, 15) is 0 Å². The highest BCUT2D eigenvalue weighted by Gasteiger charge is 2.26. The lowest BCUT2D eigenvalue weighted by atomic mass is 10.2. The third-order valence-electron chi connectivity index (χ3n) is 2.30. The molecule has 0 amide bonds. The lowest BCUT2D eigenvalue weighted by Gasteiger charge is -2.38. The van der Waals surface area contributed by atoms with E-state index in [0.717, 1.165) is 13.1 Å². The summed E-state index contributed by atoms with van der Waals surface area (Å²) in [5.74, 6) is 0. The molecule has 0 aromatic heterocycles. The molecule has 4 nitrogen and oxygen atoms in total. The number of morpholine rings is 1. The molecule has 0 aromatic rings. The van der Waals surface area contributed by atoms with E-state index in [-0.39, 0.29) is 12.3 Å². The van der Waals surface area contributed by atoms with Crippen molar-refractivity contribution in [3.05, 3.63) is 0 Å². The van der Waals surface area contributed by atoms with Crippen LogP contribution in [-0.2, 0) is 9.47 Å². The zero-order chi connectivity index (χ0) is 9.84. The predicted octanol–water partition coefficient (Wildman–Crippen LogP) is 0.0268. The third-order valence-corrected chi connectivity index (χ3v) is 2.30. The Kier molecular flexibility index (Phi) is 4.12. The van der Waals surface area contributed by atoms with E-state index in [1.165, 1.54) is 0 Å². The van der Waals surface area contributed by atoms with Crippen LogP contribution in [0.15, 0.2) is 0 Å². The van der Waals surface area contributed by atoms with E-state index in [1.807, 2.05) is 0 Å². The first-order valence-electron chi connectivity index (χ1n) is 4.77. The Labute approximate surface area is 80.0 Å². The van der Waals surface area contributed by atoms with Gasteiger partial charge in [0.25, 0.3) is 0 Å². The van der Waals surface area contributed by atoms with Crippen LogP contribution in [0.4, 0.5) is 0 Å². The van der Waals surface area contributed by atoms with Crippen molar-refractivity contribution in [1.29, 1.82) is 0 Å². The molecule has 0 saturated carbocycles. The van der Waals surface area contributed by atoms with Gasteiger partial charge in [0.15, 0.2) is 0 Å². The van der Waals surface area contributed by atoms with Crippen molar-refractivity contribution in [3.8, 4) is 0 Å². The second-order valence-corrected chi connectivity index (χ2v) is 3.80. The van der Waals surface area contributed by atoms with E-state index in [1.54, 1.807) is 7.11 Å². The largest absolute Gasteiger partial charge is 0.382 e. The van der Waals surface area contributed by atoms with Gasteiger partial charge < -0.3 is 15.2 Å². The van der Waals surface area contributed by atoms with Crippen LogP contribution in [0.2, 0.25) is 0 Å². The first kappa shape index (κ1) is 10.9. The molecule has 1 saturated heterocycles. The number of hydrogen-bond donors (Lipinski definition) is 1. The molecule has 1 rings (SSSR count). The Morgan fingerprint density at radius 2 is 2.23 bits per heavy atom. The zero-order valence-corrected chi connectivity index (χ0v) is 8.69. The Balaban J connectivity index is 2.42. The van der Waals surface area contributed by atoms with E-state index >= 15 is 0 Å². The van der Waals surface area contributed by atoms with Crippen molar-refractivity contribution < 1.29 is 9.47 Å². The molecule has 0 aromatic carbocycles. The highest BCUT2D eigenvalue weighted by atomic mass is 16.5. The van der Waals surface area contributed by atoms with E-state index in [2.05, 4.69) is 18.7 Å². The van der Waals surface area contributed by atoms with Gasteiger partial charge in [-0.25, -0.2) is 0 Å². The van der Waals surface area contributed by atoms with Gasteiger partial charge in [-0.2, -0.15) is 0 Å². The fourth-order valence-corrected chi connectivity index (χ4v) is 1.60. The van der Waals surface area contributed by atoms with Crippen LogP contribution in [0.25, 0.3) is 0 Å². The molecule has 1 aliphatic rings. The summed E-state index contributed by atoms with van der Waals surface area (Å²) in [6.45, 7) is 6.69. The average molecular weight is 188 g/mol. The van der Waals surface area contributed by atoms with Crippen LogP contribution in [0, 0.1) is 0 Å². The maximum absolute atomic E-state index is 5.76.